The largest absolute Gasteiger partial charge is 0.496 e. The molecule has 0 bridgehead atoms. The fraction of sp³-hybridized carbons (Fsp3) is 0.300. The van der Waals surface area contributed by atoms with Gasteiger partial charge in [0.05, 0.1) is 18.2 Å². The second-order valence-electron chi connectivity index (χ2n) is 3.24. The lowest BCUT2D eigenvalue weighted by atomic mass is 10.1. The van der Waals surface area contributed by atoms with Gasteiger partial charge in [-0.3, -0.25) is 4.79 Å². The Morgan fingerprint density at radius 1 is 1.22 bits per heavy atom. The van der Waals surface area contributed by atoms with Gasteiger partial charge in [-0.2, -0.15) is 13.2 Å². The van der Waals surface area contributed by atoms with Crippen molar-refractivity contribution in [2.45, 2.75) is 9.97 Å². The predicted molar refractivity (Wildman–Crippen MR) is 62.6 cm³/mol. The molecule has 0 radical (unpaired) electrons. The van der Waals surface area contributed by atoms with Gasteiger partial charge in [0.15, 0.2) is 0 Å². The highest BCUT2D eigenvalue weighted by molar-refractivity contribution is 6.77. The third-order valence-corrected chi connectivity index (χ3v) is 2.54. The molecule has 0 saturated heterocycles. The van der Waals surface area contributed by atoms with Crippen LogP contribution in [0.5, 0.6) is 5.75 Å². The molecule has 0 aromatic heterocycles. The number of halogens is 6. The van der Waals surface area contributed by atoms with Crippen LogP contribution >= 0.6 is 34.8 Å². The molecule has 0 fully saturated rings. The Morgan fingerprint density at radius 2 is 1.78 bits per heavy atom. The Kier molecular flexibility index (Phi) is 4.41. The van der Waals surface area contributed by atoms with Crippen LogP contribution in [-0.2, 0) is 6.18 Å². The molecule has 0 atom stereocenters. The van der Waals surface area contributed by atoms with Crippen LogP contribution in [0.2, 0.25) is 0 Å². The Bertz CT molecular complexity index is 466. The lowest BCUT2D eigenvalue weighted by Crippen LogP contribution is -2.20. The summed E-state index contributed by atoms with van der Waals surface area (Å²) in [6.45, 7) is 0. The van der Waals surface area contributed by atoms with Crippen LogP contribution in [0.1, 0.15) is 15.9 Å². The van der Waals surface area contributed by atoms with Crippen LogP contribution in [-0.4, -0.2) is 16.7 Å². The monoisotopic (exact) mass is 320 g/mol. The first kappa shape index (κ1) is 15.4. The van der Waals surface area contributed by atoms with Gasteiger partial charge in [0, 0.05) is 0 Å². The topological polar surface area (TPSA) is 26.3 Å². The summed E-state index contributed by atoms with van der Waals surface area (Å²) >= 11 is 16.1. The van der Waals surface area contributed by atoms with E-state index >= 15 is 0 Å². The highest BCUT2D eigenvalue weighted by Crippen LogP contribution is 2.37. The number of rotatable bonds is 2. The summed E-state index contributed by atoms with van der Waals surface area (Å²) in [4.78, 5) is 11.7. The summed E-state index contributed by atoms with van der Waals surface area (Å²) in [6.07, 6.45) is -4.60. The van der Waals surface area contributed by atoms with Gasteiger partial charge in [-0.1, -0.05) is 34.8 Å². The summed E-state index contributed by atoms with van der Waals surface area (Å²) in [6, 6.07) is 2.35. The zero-order valence-corrected chi connectivity index (χ0v) is 11.1. The zero-order valence-electron chi connectivity index (χ0n) is 8.82. The minimum absolute atomic E-state index is 0.0978. The summed E-state index contributed by atoms with van der Waals surface area (Å²) in [5, 5.41) is 0. The molecule has 18 heavy (non-hydrogen) atoms. The van der Waals surface area contributed by atoms with E-state index in [0.717, 1.165) is 12.1 Å². The van der Waals surface area contributed by atoms with E-state index in [1.54, 1.807) is 0 Å². The van der Waals surface area contributed by atoms with Crippen LogP contribution in [0.4, 0.5) is 13.2 Å². The molecule has 0 amide bonds. The van der Waals surface area contributed by atoms with E-state index in [0.29, 0.717) is 6.07 Å². The number of Topliss-reactive ketones (excluding diaryl/α,β-unsaturated/α-hetero) is 1. The van der Waals surface area contributed by atoms with E-state index < -0.39 is 26.9 Å². The SMILES string of the molecule is COc1ccc(C(F)(F)F)cc1C(=O)C(Cl)(Cl)Cl. The number of hydrogen-bond acceptors (Lipinski definition) is 2. The number of hydrogen-bond donors (Lipinski definition) is 0. The number of carbonyl (C=O) groups is 1. The van der Waals surface area contributed by atoms with Gasteiger partial charge in [-0.05, 0) is 18.2 Å². The number of alkyl halides is 6. The standard InChI is InChI=1S/C10H6Cl3F3O2/c1-18-7-3-2-5(10(14,15)16)4-6(7)8(17)9(11,12)13/h2-4H,1H3. The quantitative estimate of drug-likeness (QED) is 0.601. The predicted octanol–water partition coefficient (Wildman–Crippen LogP) is 4.27. The van der Waals surface area contributed by atoms with Crippen molar-refractivity contribution >= 4 is 40.6 Å². The van der Waals surface area contributed by atoms with Gasteiger partial charge in [0.25, 0.3) is 3.79 Å². The molecule has 0 aliphatic heterocycles. The van der Waals surface area contributed by atoms with E-state index in [9.17, 15) is 18.0 Å². The minimum Gasteiger partial charge on any atom is -0.496 e. The highest BCUT2D eigenvalue weighted by atomic mass is 35.6. The average molecular weight is 322 g/mol. The van der Waals surface area contributed by atoms with E-state index in [2.05, 4.69) is 0 Å². The molecule has 0 aliphatic rings. The first-order chi connectivity index (χ1) is 8.07. The van der Waals surface area contributed by atoms with Crippen LogP contribution in [0.3, 0.4) is 0 Å². The first-order valence-corrected chi connectivity index (χ1v) is 5.57. The highest BCUT2D eigenvalue weighted by Gasteiger charge is 2.37. The summed E-state index contributed by atoms with van der Waals surface area (Å²) in [5.41, 5.74) is -1.46. The van der Waals surface area contributed by atoms with Gasteiger partial charge < -0.3 is 4.74 Å². The molecule has 1 aromatic carbocycles. The van der Waals surface area contributed by atoms with Crippen molar-refractivity contribution in [1.82, 2.24) is 0 Å². The number of benzene rings is 1. The van der Waals surface area contributed by atoms with Gasteiger partial charge in [0.1, 0.15) is 5.75 Å². The van der Waals surface area contributed by atoms with Crippen molar-refractivity contribution in [3.63, 3.8) is 0 Å². The molecule has 0 N–H and O–H groups in total. The van der Waals surface area contributed by atoms with E-state index in [4.69, 9.17) is 39.5 Å². The number of methoxy groups -OCH3 is 1. The van der Waals surface area contributed by atoms with Crippen LogP contribution < -0.4 is 4.74 Å². The lowest BCUT2D eigenvalue weighted by Gasteiger charge is -2.15. The maximum absolute atomic E-state index is 12.5. The smallest absolute Gasteiger partial charge is 0.416 e. The maximum Gasteiger partial charge on any atom is 0.416 e. The molecule has 1 aromatic rings. The molecule has 100 valence electrons. The Morgan fingerprint density at radius 3 is 2.17 bits per heavy atom. The molecular weight excluding hydrogens is 315 g/mol. The molecule has 1 rings (SSSR count). The number of ketones is 1. The van der Waals surface area contributed by atoms with Gasteiger partial charge >= 0.3 is 6.18 Å². The van der Waals surface area contributed by atoms with Crippen LogP contribution in [0.15, 0.2) is 18.2 Å². The molecule has 2 nitrogen and oxygen atoms in total. The lowest BCUT2D eigenvalue weighted by molar-refractivity contribution is -0.137. The molecule has 0 aliphatic carbocycles. The second-order valence-corrected chi connectivity index (χ2v) is 5.52. The van der Waals surface area contributed by atoms with Gasteiger partial charge in [0.2, 0.25) is 5.78 Å². The summed E-state index contributed by atoms with van der Waals surface area (Å²) < 4.78 is 40.0. The zero-order chi connectivity index (χ0) is 14.1. The van der Waals surface area contributed by atoms with Crippen molar-refractivity contribution < 1.29 is 22.7 Å². The van der Waals surface area contributed by atoms with E-state index in [1.165, 1.54) is 7.11 Å². The van der Waals surface area contributed by atoms with Crippen molar-refractivity contribution in [3.05, 3.63) is 29.3 Å². The molecule has 8 heteroatoms. The number of carbonyl (C=O) groups excluding carboxylic acids is 1. The Labute approximate surface area is 116 Å². The molecule has 0 unspecified atom stereocenters. The average Bonchev–Trinajstić information content (AvgIpc) is 2.24. The molecule has 0 spiro atoms. The van der Waals surface area contributed by atoms with Crippen molar-refractivity contribution in [3.8, 4) is 5.75 Å². The molecule has 0 heterocycles. The van der Waals surface area contributed by atoms with E-state index in [1.807, 2.05) is 0 Å². The fourth-order valence-corrected chi connectivity index (χ4v) is 1.52. The van der Waals surface area contributed by atoms with Gasteiger partial charge in [-0.15, -0.1) is 0 Å². The normalized spacial score (nSPS) is 12.4. The number of ether oxygens (including phenoxy) is 1. The van der Waals surface area contributed by atoms with E-state index in [-0.39, 0.29) is 5.75 Å². The third kappa shape index (κ3) is 3.43. The maximum atomic E-state index is 12.5. The first-order valence-electron chi connectivity index (χ1n) is 4.44. The third-order valence-electron chi connectivity index (χ3n) is 2.03. The van der Waals surface area contributed by atoms with Crippen molar-refractivity contribution in [1.29, 1.82) is 0 Å². The van der Waals surface area contributed by atoms with Crippen molar-refractivity contribution in [2.75, 3.05) is 7.11 Å². The fourth-order valence-electron chi connectivity index (χ4n) is 1.21. The van der Waals surface area contributed by atoms with Crippen LogP contribution in [0, 0.1) is 0 Å². The van der Waals surface area contributed by atoms with Crippen LogP contribution in [0.25, 0.3) is 0 Å². The Balaban J connectivity index is 3.36. The summed E-state index contributed by atoms with van der Waals surface area (Å²) in [7, 11) is 1.19. The minimum atomic E-state index is -4.60. The summed E-state index contributed by atoms with van der Waals surface area (Å²) in [5.74, 6) is -1.19. The van der Waals surface area contributed by atoms with Crippen molar-refractivity contribution in [2.24, 2.45) is 0 Å². The molecule has 0 saturated carbocycles. The second kappa shape index (κ2) is 5.15. The molecular formula is C10H6Cl3F3O2. The van der Waals surface area contributed by atoms with Gasteiger partial charge in [-0.25, -0.2) is 0 Å². The Hall–Kier alpha value is -0.650.